The number of aliphatic hydroxyl groups is 3. The smallest absolute Gasteiger partial charge is 0.161 e. The topological polar surface area (TPSA) is 153 Å². The van der Waals surface area contributed by atoms with Crippen LogP contribution in [0.4, 0.5) is 0 Å². The van der Waals surface area contributed by atoms with Gasteiger partial charge in [-0.2, -0.15) is 0 Å². The largest absolute Gasteiger partial charge is 0.390 e. The molecule has 40 heavy (non-hydrogen) atoms. The number of rotatable bonds is 9. The van der Waals surface area contributed by atoms with E-state index < -0.39 is 67.9 Å². The molecule has 4 aliphatic heterocycles. The lowest BCUT2D eigenvalue weighted by Crippen LogP contribution is -2.57. The summed E-state index contributed by atoms with van der Waals surface area (Å²) >= 11 is 0. The van der Waals surface area contributed by atoms with Crippen molar-refractivity contribution in [2.75, 3.05) is 21.3 Å². The Balaban J connectivity index is 1.33. The first-order valence-corrected chi connectivity index (χ1v) is 14.2. The van der Waals surface area contributed by atoms with E-state index in [9.17, 15) is 15.3 Å². The van der Waals surface area contributed by atoms with E-state index in [2.05, 4.69) is 0 Å². The lowest BCUT2D eigenvalue weighted by atomic mass is 9.99. The molecule has 0 aliphatic carbocycles. The van der Waals surface area contributed by atoms with Gasteiger partial charge >= 0.3 is 0 Å². The molecule has 3 N–H and O–H groups in total. The highest BCUT2D eigenvalue weighted by Crippen LogP contribution is 2.34. The third-order valence-electron chi connectivity index (χ3n) is 8.39. The van der Waals surface area contributed by atoms with Gasteiger partial charge in [0.15, 0.2) is 25.2 Å². The quantitative estimate of drug-likeness (QED) is 0.346. The van der Waals surface area contributed by atoms with Crippen molar-refractivity contribution in [2.24, 2.45) is 0 Å². The molecule has 13 nitrogen and oxygen atoms in total. The zero-order valence-electron chi connectivity index (χ0n) is 24.5. The van der Waals surface area contributed by atoms with E-state index in [0.717, 1.165) is 0 Å². The van der Waals surface area contributed by atoms with Crippen molar-refractivity contribution >= 4 is 0 Å². The summed E-state index contributed by atoms with van der Waals surface area (Å²) in [5.41, 5.74) is 0. The van der Waals surface area contributed by atoms with Gasteiger partial charge in [0, 0.05) is 47.0 Å². The van der Waals surface area contributed by atoms with Gasteiger partial charge in [-0.1, -0.05) is 0 Å². The fraction of sp³-hybridized carbons (Fsp3) is 1.00. The molecule has 4 aliphatic rings. The van der Waals surface area contributed by atoms with E-state index in [1.165, 1.54) is 0 Å². The first-order chi connectivity index (χ1) is 19.0. The third-order valence-corrected chi connectivity index (χ3v) is 8.39. The second-order valence-electron chi connectivity index (χ2n) is 11.2. The third kappa shape index (κ3) is 7.51. The van der Waals surface area contributed by atoms with Gasteiger partial charge in [-0.25, -0.2) is 0 Å². The minimum Gasteiger partial charge on any atom is -0.390 e. The van der Waals surface area contributed by atoms with Crippen molar-refractivity contribution in [3.05, 3.63) is 0 Å². The Morgan fingerprint density at radius 3 is 1.30 bits per heavy atom. The molecular weight excluding hydrogens is 532 g/mol. The predicted octanol–water partition coefficient (Wildman–Crippen LogP) is 0.441. The number of aliphatic hydroxyl groups excluding tert-OH is 3. The highest BCUT2D eigenvalue weighted by molar-refractivity contribution is 4.90. The monoisotopic (exact) mass is 580 g/mol. The summed E-state index contributed by atoms with van der Waals surface area (Å²) in [7, 11) is 4.81. The summed E-state index contributed by atoms with van der Waals surface area (Å²) in [5.74, 6) is 0. The fourth-order valence-corrected chi connectivity index (χ4v) is 6.11. The van der Waals surface area contributed by atoms with E-state index in [0.29, 0.717) is 19.3 Å². The molecule has 0 saturated carbocycles. The van der Waals surface area contributed by atoms with Crippen LogP contribution in [0.15, 0.2) is 0 Å². The zero-order valence-corrected chi connectivity index (χ0v) is 24.5. The van der Waals surface area contributed by atoms with Crippen LogP contribution < -0.4 is 0 Å². The molecule has 0 amide bonds. The minimum absolute atomic E-state index is 0.151. The number of ether oxygens (including phenoxy) is 10. The van der Waals surface area contributed by atoms with Gasteiger partial charge in [-0.15, -0.1) is 0 Å². The normalized spacial score (nSPS) is 50.5. The van der Waals surface area contributed by atoms with Gasteiger partial charge in [-0.3, -0.25) is 0 Å². The number of hydrogen-bond acceptors (Lipinski definition) is 13. The number of hydrogen-bond donors (Lipinski definition) is 3. The molecule has 4 saturated heterocycles. The van der Waals surface area contributed by atoms with Crippen molar-refractivity contribution in [3.63, 3.8) is 0 Å². The van der Waals surface area contributed by atoms with Gasteiger partial charge in [-0.05, 0) is 27.7 Å². The molecule has 0 unspecified atom stereocenters. The van der Waals surface area contributed by atoms with Gasteiger partial charge in [0.1, 0.15) is 24.4 Å². The van der Waals surface area contributed by atoms with Crippen molar-refractivity contribution in [1.82, 2.24) is 0 Å². The second kappa shape index (κ2) is 14.3. The van der Waals surface area contributed by atoms with E-state index in [-0.39, 0.29) is 36.9 Å². The summed E-state index contributed by atoms with van der Waals surface area (Å²) in [4.78, 5) is 0. The first-order valence-electron chi connectivity index (χ1n) is 14.2. The van der Waals surface area contributed by atoms with Crippen molar-refractivity contribution < 1.29 is 62.7 Å². The minimum atomic E-state index is -0.956. The molecule has 0 aromatic carbocycles. The van der Waals surface area contributed by atoms with Gasteiger partial charge in [0.05, 0.1) is 48.8 Å². The van der Waals surface area contributed by atoms with Crippen LogP contribution in [0.1, 0.15) is 53.4 Å². The van der Waals surface area contributed by atoms with Crippen LogP contribution in [0.2, 0.25) is 0 Å². The Hall–Kier alpha value is -0.520. The summed E-state index contributed by atoms with van der Waals surface area (Å²) in [6.45, 7) is 7.31. The lowest BCUT2D eigenvalue weighted by molar-refractivity contribution is -0.345. The molecule has 0 radical (unpaired) electrons. The Bertz CT molecular complexity index is 763. The molecule has 0 aromatic heterocycles. The van der Waals surface area contributed by atoms with Gasteiger partial charge in [0.2, 0.25) is 0 Å². The van der Waals surface area contributed by atoms with Crippen molar-refractivity contribution in [2.45, 2.75) is 152 Å². The zero-order chi connectivity index (χ0) is 29.1. The first kappa shape index (κ1) is 32.4. The Kier molecular flexibility index (Phi) is 11.6. The average molecular weight is 581 g/mol. The van der Waals surface area contributed by atoms with Gasteiger partial charge in [0.25, 0.3) is 0 Å². The molecule has 4 heterocycles. The van der Waals surface area contributed by atoms with E-state index >= 15 is 0 Å². The maximum atomic E-state index is 10.1. The Morgan fingerprint density at radius 1 is 0.500 bits per heavy atom. The van der Waals surface area contributed by atoms with E-state index in [1.54, 1.807) is 28.3 Å². The standard InChI is InChI=1S/C27H48O13/c1-12-24(30)16(28)8-21(35-12)38-26-14(3)36-23(10-18(26)32-6)40-27-15(4)37-22(11-19(27)33-7)39-25-13(2)34-20(29)9-17(25)31-5/h12-30H,8-11H2,1-7H3/t12-,13-,14-,15-,16+,17-,18-,19+,20-,21+,22+,23+,24-,25-,26-,27-/m1/s1. The van der Waals surface area contributed by atoms with Crippen LogP contribution in [0.3, 0.4) is 0 Å². The van der Waals surface area contributed by atoms with Crippen LogP contribution in [0.25, 0.3) is 0 Å². The molecule has 0 bridgehead atoms. The SMILES string of the molecule is CO[C@H]1C[C@H](O[C@@H]2[C@@H](C)O[C@@H](O)C[C@H]2OC)O[C@H](C)[C@H]1O[C@H]1C[C@@H](OC)[C@H](O[C@H]2C[C@H](O)[C@H](O)[C@@H](C)O2)[C@@H](C)O1. The van der Waals surface area contributed by atoms with Crippen LogP contribution in [-0.4, -0.2) is 135 Å². The van der Waals surface area contributed by atoms with E-state index in [1.807, 2.05) is 20.8 Å². The molecular formula is C27H48O13. The molecule has 234 valence electrons. The number of methoxy groups -OCH3 is 3. The molecule has 0 aromatic rings. The highest BCUT2D eigenvalue weighted by atomic mass is 16.8. The molecule has 16 atom stereocenters. The van der Waals surface area contributed by atoms with Gasteiger partial charge < -0.3 is 62.7 Å². The summed E-state index contributed by atoms with van der Waals surface area (Å²) in [5, 5.41) is 30.0. The molecule has 13 heteroatoms. The Labute approximate surface area is 236 Å². The van der Waals surface area contributed by atoms with E-state index in [4.69, 9.17) is 47.4 Å². The lowest BCUT2D eigenvalue weighted by Gasteiger charge is -2.46. The summed E-state index contributed by atoms with van der Waals surface area (Å²) in [6, 6.07) is 0. The fourth-order valence-electron chi connectivity index (χ4n) is 6.11. The molecule has 4 rings (SSSR count). The van der Waals surface area contributed by atoms with Crippen molar-refractivity contribution in [3.8, 4) is 0 Å². The van der Waals surface area contributed by atoms with Crippen molar-refractivity contribution in [1.29, 1.82) is 0 Å². The highest BCUT2D eigenvalue weighted by Gasteiger charge is 2.47. The summed E-state index contributed by atoms with van der Waals surface area (Å²) in [6.07, 6.45) is -7.44. The van der Waals surface area contributed by atoms with Crippen LogP contribution >= 0.6 is 0 Å². The average Bonchev–Trinajstić information content (AvgIpc) is 2.91. The maximum Gasteiger partial charge on any atom is 0.161 e. The van der Waals surface area contributed by atoms with Crippen LogP contribution in [-0.2, 0) is 47.4 Å². The predicted molar refractivity (Wildman–Crippen MR) is 137 cm³/mol. The second-order valence-corrected chi connectivity index (χ2v) is 11.2. The van der Waals surface area contributed by atoms with Crippen LogP contribution in [0, 0.1) is 0 Å². The molecule has 0 spiro atoms. The molecule has 4 fully saturated rings. The maximum absolute atomic E-state index is 10.1. The Morgan fingerprint density at radius 2 is 0.875 bits per heavy atom. The van der Waals surface area contributed by atoms with Crippen LogP contribution in [0.5, 0.6) is 0 Å². The summed E-state index contributed by atoms with van der Waals surface area (Å²) < 4.78 is 59.6.